The van der Waals surface area contributed by atoms with Crippen molar-refractivity contribution in [2.75, 3.05) is 0 Å². The Morgan fingerprint density at radius 3 is 2.71 bits per heavy atom. The van der Waals surface area contributed by atoms with Crippen LogP contribution in [0.2, 0.25) is 0 Å². The highest BCUT2D eigenvalue weighted by Crippen LogP contribution is 2.03. The Labute approximate surface area is 102 Å². The molecule has 88 valence electrons. The molecule has 2 heterocycles. The van der Waals surface area contributed by atoms with Crippen molar-refractivity contribution in [1.29, 1.82) is 0 Å². The Balaban J connectivity index is 1.97. The molecular formula is C10H11N5OS. The lowest BCUT2D eigenvalue weighted by Crippen LogP contribution is -2.24. The molecule has 2 aromatic rings. The maximum atomic E-state index is 11.7. The number of rotatable bonds is 3. The molecule has 0 saturated carbocycles. The molecular weight excluding hydrogens is 238 g/mol. The number of hydrogen-bond acceptors (Lipinski definition) is 6. The smallest absolute Gasteiger partial charge is 0.273 e. The molecule has 0 radical (unpaired) electrons. The second-order valence-corrected chi connectivity index (χ2v) is 4.06. The maximum Gasteiger partial charge on any atom is 0.273 e. The zero-order chi connectivity index (χ0) is 12.3. The fraction of sp³-hybridized carbons (Fsp3) is 0.300. The monoisotopic (exact) mass is 249 g/mol. The SMILES string of the molecule is Cc1cnc(CNC(=O)c2nsnc2C)cn1. The number of aryl methyl sites for hydroxylation is 2. The van der Waals surface area contributed by atoms with Crippen LogP contribution in [-0.2, 0) is 6.54 Å². The van der Waals surface area contributed by atoms with Crippen LogP contribution in [0.1, 0.15) is 27.6 Å². The number of aromatic nitrogens is 4. The molecule has 1 amide bonds. The average Bonchev–Trinajstić information content (AvgIpc) is 2.74. The van der Waals surface area contributed by atoms with E-state index < -0.39 is 0 Å². The normalized spacial score (nSPS) is 10.2. The van der Waals surface area contributed by atoms with Gasteiger partial charge in [0.05, 0.1) is 41.6 Å². The molecule has 0 aliphatic carbocycles. The van der Waals surface area contributed by atoms with Crippen LogP contribution in [0.3, 0.4) is 0 Å². The third-order valence-electron chi connectivity index (χ3n) is 2.13. The molecule has 0 spiro atoms. The van der Waals surface area contributed by atoms with Crippen molar-refractivity contribution in [3.05, 3.63) is 35.2 Å². The third-order valence-corrected chi connectivity index (χ3v) is 2.75. The minimum Gasteiger partial charge on any atom is -0.345 e. The van der Waals surface area contributed by atoms with Crippen molar-refractivity contribution in [2.45, 2.75) is 20.4 Å². The molecule has 1 N–H and O–H groups in total. The minimum absolute atomic E-state index is 0.237. The Kier molecular flexibility index (Phi) is 3.38. The molecule has 0 aliphatic heterocycles. The van der Waals surface area contributed by atoms with E-state index in [-0.39, 0.29) is 5.91 Å². The summed E-state index contributed by atoms with van der Waals surface area (Å²) >= 11 is 1.03. The second-order valence-electron chi connectivity index (χ2n) is 3.53. The molecule has 0 unspecified atom stereocenters. The number of nitrogens with one attached hydrogen (secondary N) is 1. The lowest BCUT2D eigenvalue weighted by molar-refractivity contribution is 0.0945. The summed E-state index contributed by atoms with van der Waals surface area (Å²) in [6, 6.07) is 0. The quantitative estimate of drug-likeness (QED) is 0.873. The fourth-order valence-corrected chi connectivity index (χ4v) is 1.75. The Bertz CT molecular complexity index is 522. The van der Waals surface area contributed by atoms with E-state index in [1.54, 1.807) is 19.3 Å². The highest BCUT2D eigenvalue weighted by atomic mass is 32.1. The molecule has 0 saturated heterocycles. The van der Waals surface area contributed by atoms with E-state index in [4.69, 9.17) is 0 Å². The lowest BCUT2D eigenvalue weighted by atomic mass is 10.3. The number of hydrogen-bond donors (Lipinski definition) is 1. The summed E-state index contributed by atoms with van der Waals surface area (Å²) in [6.07, 6.45) is 3.30. The molecule has 0 aliphatic rings. The van der Waals surface area contributed by atoms with E-state index in [0.29, 0.717) is 23.6 Å². The Morgan fingerprint density at radius 2 is 2.12 bits per heavy atom. The van der Waals surface area contributed by atoms with Gasteiger partial charge in [-0.05, 0) is 13.8 Å². The minimum atomic E-state index is -0.237. The first kappa shape index (κ1) is 11.6. The van der Waals surface area contributed by atoms with Gasteiger partial charge in [0.25, 0.3) is 5.91 Å². The van der Waals surface area contributed by atoms with E-state index in [1.807, 2.05) is 6.92 Å². The summed E-state index contributed by atoms with van der Waals surface area (Å²) < 4.78 is 7.87. The zero-order valence-corrected chi connectivity index (χ0v) is 10.3. The summed E-state index contributed by atoms with van der Waals surface area (Å²) in [5.41, 5.74) is 2.57. The van der Waals surface area contributed by atoms with Crippen LogP contribution in [0, 0.1) is 13.8 Å². The van der Waals surface area contributed by atoms with Crippen LogP contribution in [-0.4, -0.2) is 24.6 Å². The Hall–Kier alpha value is -1.89. The van der Waals surface area contributed by atoms with Gasteiger partial charge in [-0.25, -0.2) is 0 Å². The first-order chi connectivity index (χ1) is 8.16. The van der Waals surface area contributed by atoms with Gasteiger partial charge in [-0.15, -0.1) is 0 Å². The summed E-state index contributed by atoms with van der Waals surface area (Å²) in [5.74, 6) is -0.237. The highest BCUT2D eigenvalue weighted by molar-refractivity contribution is 6.99. The summed E-state index contributed by atoms with van der Waals surface area (Å²) in [5, 5.41) is 2.72. The Morgan fingerprint density at radius 1 is 1.29 bits per heavy atom. The van der Waals surface area contributed by atoms with Crippen molar-refractivity contribution in [2.24, 2.45) is 0 Å². The lowest BCUT2D eigenvalue weighted by Gasteiger charge is -2.02. The second kappa shape index (κ2) is 4.96. The summed E-state index contributed by atoms with van der Waals surface area (Å²) in [4.78, 5) is 20.0. The van der Waals surface area contributed by atoms with Gasteiger partial charge in [0.1, 0.15) is 0 Å². The average molecular weight is 249 g/mol. The molecule has 6 nitrogen and oxygen atoms in total. The highest BCUT2D eigenvalue weighted by Gasteiger charge is 2.12. The number of carbonyl (C=O) groups excluding carboxylic acids is 1. The van der Waals surface area contributed by atoms with Crippen LogP contribution < -0.4 is 5.32 Å². The first-order valence-electron chi connectivity index (χ1n) is 5.01. The largest absolute Gasteiger partial charge is 0.345 e. The van der Waals surface area contributed by atoms with Crippen molar-refractivity contribution >= 4 is 17.6 Å². The van der Waals surface area contributed by atoms with Gasteiger partial charge in [-0.3, -0.25) is 14.8 Å². The predicted octanol–water partition coefficient (Wildman–Crippen LogP) is 0.875. The van der Waals surface area contributed by atoms with Gasteiger partial charge in [0, 0.05) is 6.20 Å². The van der Waals surface area contributed by atoms with Gasteiger partial charge in [-0.1, -0.05) is 0 Å². The standard InChI is InChI=1S/C10H11N5OS/c1-6-3-12-8(4-11-6)5-13-10(16)9-7(2)14-17-15-9/h3-4H,5H2,1-2H3,(H,13,16). The van der Waals surface area contributed by atoms with E-state index in [9.17, 15) is 4.79 Å². The molecule has 7 heteroatoms. The maximum absolute atomic E-state index is 11.7. The van der Waals surface area contributed by atoms with Gasteiger partial charge < -0.3 is 5.32 Å². The van der Waals surface area contributed by atoms with E-state index in [1.165, 1.54) is 0 Å². The van der Waals surface area contributed by atoms with Crippen molar-refractivity contribution < 1.29 is 4.79 Å². The molecule has 0 atom stereocenters. The predicted molar refractivity (Wildman–Crippen MR) is 62.6 cm³/mol. The number of amides is 1. The fourth-order valence-electron chi connectivity index (χ4n) is 1.20. The van der Waals surface area contributed by atoms with Gasteiger partial charge >= 0.3 is 0 Å². The topological polar surface area (TPSA) is 80.7 Å². The van der Waals surface area contributed by atoms with Crippen LogP contribution in [0.4, 0.5) is 0 Å². The molecule has 0 fully saturated rings. The number of carbonyl (C=O) groups is 1. The van der Waals surface area contributed by atoms with Crippen LogP contribution in [0.5, 0.6) is 0 Å². The van der Waals surface area contributed by atoms with E-state index in [0.717, 1.165) is 17.4 Å². The molecule has 0 bridgehead atoms. The van der Waals surface area contributed by atoms with Gasteiger partial charge in [0.15, 0.2) is 5.69 Å². The molecule has 0 aromatic carbocycles. The molecule has 17 heavy (non-hydrogen) atoms. The van der Waals surface area contributed by atoms with Crippen molar-refractivity contribution in [3.63, 3.8) is 0 Å². The third kappa shape index (κ3) is 2.82. The van der Waals surface area contributed by atoms with E-state index in [2.05, 4.69) is 24.0 Å². The summed E-state index contributed by atoms with van der Waals surface area (Å²) in [7, 11) is 0. The van der Waals surface area contributed by atoms with Crippen LogP contribution in [0.25, 0.3) is 0 Å². The first-order valence-corrected chi connectivity index (χ1v) is 5.74. The zero-order valence-electron chi connectivity index (χ0n) is 9.47. The summed E-state index contributed by atoms with van der Waals surface area (Å²) in [6.45, 7) is 3.95. The van der Waals surface area contributed by atoms with Crippen molar-refractivity contribution in [1.82, 2.24) is 24.0 Å². The van der Waals surface area contributed by atoms with E-state index >= 15 is 0 Å². The van der Waals surface area contributed by atoms with Gasteiger partial charge in [0.2, 0.25) is 0 Å². The van der Waals surface area contributed by atoms with Crippen molar-refractivity contribution in [3.8, 4) is 0 Å². The van der Waals surface area contributed by atoms with Crippen LogP contribution in [0.15, 0.2) is 12.4 Å². The van der Waals surface area contributed by atoms with Crippen LogP contribution >= 0.6 is 11.7 Å². The molecule has 2 aromatic heterocycles. The molecule has 2 rings (SSSR count). The number of nitrogens with zero attached hydrogens (tertiary/aromatic N) is 4. The van der Waals surface area contributed by atoms with Gasteiger partial charge in [-0.2, -0.15) is 8.75 Å².